The summed E-state index contributed by atoms with van der Waals surface area (Å²) in [5.41, 5.74) is 0.131. The first-order valence-electron chi connectivity index (χ1n) is 5.74. The summed E-state index contributed by atoms with van der Waals surface area (Å²) in [6, 6.07) is 7.82. The van der Waals surface area contributed by atoms with Crippen LogP contribution in [0.1, 0.15) is 20.7 Å². The molecule has 0 heterocycles. The van der Waals surface area contributed by atoms with Gasteiger partial charge in [-0.25, -0.2) is 4.79 Å². The fourth-order valence-corrected chi connectivity index (χ4v) is 2.09. The number of aromatic hydroxyl groups is 2. The van der Waals surface area contributed by atoms with Crippen LogP contribution in [0.3, 0.4) is 0 Å². The zero-order valence-electron chi connectivity index (χ0n) is 10.5. The van der Waals surface area contributed by atoms with E-state index in [9.17, 15) is 19.8 Å². The van der Waals surface area contributed by atoms with Gasteiger partial charge in [0.1, 0.15) is 11.5 Å². The van der Waals surface area contributed by atoms with Gasteiger partial charge in [-0.2, -0.15) is 0 Å². The molecule has 6 nitrogen and oxygen atoms in total. The largest absolute Gasteiger partial charge is 0.508 e. The minimum Gasteiger partial charge on any atom is -0.508 e. The van der Waals surface area contributed by atoms with E-state index in [1.54, 1.807) is 0 Å². The minimum absolute atomic E-state index is 0.00655. The second-order valence-electron chi connectivity index (χ2n) is 4.16. The number of carbonyl (C=O) groups excluding carboxylic acids is 1. The van der Waals surface area contributed by atoms with Gasteiger partial charge in [0, 0.05) is 10.2 Å². The number of carboxylic acid groups (broad SMARTS) is 1. The van der Waals surface area contributed by atoms with Crippen LogP contribution < -0.4 is 5.32 Å². The molecule has 0 aliphatic rings. The van der Waals surface area contributed by atoms with E-state index in [0.29, 0.717) is 4.47 Å². The Hall–Kier alpha value is -2.54. The number of carboxylic acids is 1. The van der Waals surface area contributed by atoms with E-state index in [2.05, 4.69) is 21.2 Å². The van der Waals surface area contributed by atoms with Gasteiger partial charge >= 0.3 is 5.97 Å². The lowest BCUT2D eigenvalue weighted by molar-refractivity contribution is 0.0695. The van der Waals surface area contributed by atoms with Crippen molar-refractivity contribution in [2.75, 3.05) is 5.32 Å². The van der Waals surface area contributed by atoms with E-state index in [4.69, 9.17) is 5.11 Å². The SMILES string of the molecule is O=C(Nc1ccc(Br)c(C(=O)O)c1)c1cc(O)ccc1O. The molecule has 2 aromatic rings. The lowest BCUT2D eigenvalue weighted by atomic mass is 10.1. The first-order chi connectivity index (χ1) is 9.88. The molecule has 0 unspecified atom stereocenters. The highest BCUT2D eigenvalue weighted by Crippen LogP contribution is 2.25. The van der Waals surface area contributed by atoms with Crippen LogP contribution in [0, 0.1) is 0 Å². The number of nitrogens with one attached hydrogen (secondary N) is 1. The Labute approximate surface area is 127 Å². The Morgan fingerprint density at radius 2 is 1.71 bits per heavy atom. The van der Waals surface area contributed by atoms with Crippen molar-refractivity contribution in [2.45, 2.75) is 0 Å². The smallest absolute Gasteiger partial charge is 0.336 e. The first kappa shape index (κ1) is 14.9. The van der Waals surface area contributed by atoms with E-state index in [1.165, 1.54) is 30.3 Å². The first-order valence-corrected chi connectivity index (χ1v) is 6.54. The molecule has 0 aromatic heterocycles. The molecule has 0 aliphatic carbocycles. The van der Waals surface area contributed by atoms with Crippen molar-refractivity contribution < 1.29 is 24.9 Å². The van der Waals surface area contributed by atoms with Crippen molar-refractivity contribution >= 4 is 33.5 Å². The number of aromatic carboxylic acids is 1. The molecule has 0 saturated carbocycles. The van der Waals surface area contributed by atoms with Crippen molar-refractivity contribution in [1.82, 2.24) is 0 Å². The van der Waals surface area contributed by atoms with Crippen LogP contribution in [0.4, 0.5) is 5.69 Å². The summed E-state index contributed by atoms with van der Waals surface area (Å²) < 4.78 is 0.383. The minimum atomic E-state index is -1.14. The topological polar surface area (TPSA) is 107 Å². The van der Waals surface area contributed by atoms with Gasteiger partial charge < -0.3 is 20.6 Å². The lowest BCUT2D eigenvalue weighted by Gasteiger charge is -2.08. The van der Waals surface area contributed by atoms with Gasteiger partial charge in [0.05, 0.1) is 11.1 Å². The normalized spacial score (nSPS) is 10.1. The standard InChI is InChI=1S/C14H10BrNO5/c15-11-3-1-7(5-9(11)14(20)21)16-13(19)10-6-8(17)2-4-12(10)18/h1-6,17-18H,(H,16,19)(H,20,21). The third-order valence-corrected chi connectivity index (χ3v) is 3.37. The Bertz CT molecular complexity index is 729. The molecule has 2 rings (SSSR count). The summed E-state index contributed by atoms with van der Waals surface area (Å²) in [5.74, 6) is -2.26. The Kier molecular flexibility index (Phi) is 4.13. The Balaban J connectivity index is 2.29. The monoisotopic (exact) mass is 351 g/mol. The number of phenols is 2. The average molecular weight is 352 g/mol. The number of carbonyl (C=O) groups is 2. The Morgan fingerprint density at radius 3 is 2.38 bits per heavy atom. The van der Waals surface area contributed by atoms with E-state index < -0.39 is 11.9 Å². The van der Waals surface area contributed by atoms with Crippen molar-refractivity contribution in [1.29, 1.82) is 0 Å². The van der Waals surface area contributed by atoms with Crippen LogP contribution in [0.2, 0.25) is 0 Å². The van der Waals surface area contributed by atoms with Gasteiger partial charge in [0.25, 0.3) is 5.91 Å². The molecular formula is C14H10BrNO5. The van der Waals surface area contributed by atoms with Gasteiger partial charge in [-0.3, -0.25) is 4.79 Å². The third-order valence-electron chi connectivity index (χ3n) is 2.68. The third kappa shape index (κ3) is 3.32. The molecule has 0 spiro atoms. The number of amides is 1. The van der Waals surface area contributed by atoms with Crippen LogP contribution in [0.5, 0.6) is 11.5 Å². The van der Waals surface area contributed by atoms with Crippen LogP contribution >= 0.6 is 15.9 Å². The van der Waals surface area contributed by atoms with Crippen molar-refractivity contribution in [3.8, 4) is 11.5 Å². The molecule has 4 N–H and O–H groups in total. The van der Waals surface area contributed by atoms with Gasteiger partial charge in [-0.1, -0.05) is 0 Å². The molecule has 0 atom stereocenters. The number of halogens is 1. The molecular weight excluding hydrogens is 342 g/mol. The van der Waals surface area contributed by atoms with Gasteiger partial charge in [0.15, 0.2) is 0 Å². The van der Waals surface area contributed by atoms with E-state index in [-0.39, 0.29) is 28.3 Å². The molecule has 2 aromatic carbocycles. The number of benzene rings is 2. The Morgan fingerprint density at radius 1 is 1.00 bits per heavy atom. The van der Waals surface area contributed by atoms with Crippen LogP contribution in [-0.4, -0.2) is 27.2 Å². The number of rotatable bonds is 3. The fraction of sp³-hybridized carbons (Fsp3) is 0. The summed E-state index contributed by atoms with van der Waals surface area (Å²) in [6.07, 6.45) is 0. The second-order valence-corrected chi connectivity index (χ2v) is 5.01. The number of anilines is 1. The highest BCUT2D eigenvalue weighted by atomic mass is 79.9. The quantitative estimate of drug-likeness (QED) is 0.636. The summed E-state index contributed by atoms with van der Waals surface area (Å²) in [7, 11) is 0. The number of hydrogen-bond donors (Lipinski definition) is 4. The van der Waals surface area contributed by atoms with E-state index in [1.807, 2.05) is 0 Å². The molecule has 0 radical (unpaired) electrons. The molecule has 21 heavy (non-hydrogen) atoms. The zero-order chi connectivity index (χ0) is 15.6. The van der Waals surface area contributed by atoms with Gasteiger partial charge in [0.2, 0.25) is 0 Å². The summed E-state index contributed by atoms with van der Waals surface area (Å²) in [6.45, 7) is 0. The van der Waals surface area contributed by atoms with Crippen molar-refractivity contribution in [3.05, 3.63) is 52.0 Å². The lowest BCUT2D eigenvalue weighted by Crippen LogP contribution is -2.12. The summed E-state index contributed by atoms with van der Waals surface area (Å²) >= 11 is 3.10. The van der Waals surface area contributed by atoms with Crippen LogP contribution in [0.25, 0.3) is 0 Å². The molecule has 0 aliphatic heterocycles. The van der Waals surface area contributed by atoms with Crippen LogP contribution in [-0.2, 0) is 0 Å². The highest BCUT2D eigenvalue weighted by molar-refractivity contribution is 9.10. The molecule has 7 heteroatoms. The molecule has 108 valence electrons. The average Bonchev–Trinajstić information content (AvgIpc) is 2.43. The molecule has 0 fully saturated rings. The predicted octanol–water partition coefficient (Wildman–Crippen LogP) is 2.81. The predicted molar refractivity (Wildman–Crippen MR) is 78.8 cm³/mol. The molecule has 0 saturated heterocycles. The molecule has 0 bridgehead atoms. The number of phenolic OH excluding ortho intramolecular Hbond substituents is 2. The van der Waals surface area contributed by atoms with E-state index >= 15 is 0 Å². The van der Waals surface area contributed by atoms with Crippen molar-refractivity contribution in [3.63, 3.8) is 0 Å². The van der Waals surface area contributed by atoms with E-state index in [0.717, 1.165) is 6.07 Å². The molecule has 1 amide bonds. The maximum atomic E-state index is 12.0. The van der Waals surface area contributed by atoms with Gasteiger partial charge in [-0.05, 0) is 52.3 Å². The maximum Gasteiger partial charge on any atom is 0.336 e. The second kappa shape index (κ2) is 5.84. The maximum absolute atomic E-state index is 12.0. The number of hydrogen-bond acceptors (Lipinski definition) is 4. The van der Waals surface area contributed by atoms with Crippen molar-refractivity contribution in [2.24, 2.45) is 0 Å². The van der Waals surface area contributed by atoms with Crippen LogP contribution in [0.15, 0.2) is 40.9 Å². The highest BCUT2D eigenvalue weighted by Gasteiger charge is 2.14. The fourth-order valence-electron chi connectivity index (χ4n) is 1.67. The zero-order valence-corrected chi connectivity index (χ0v) is 12.1. The summed E-state index contributed by atoms with van der Waals surface area (Å²) in [5, 5.41) is 30.4. The summed E-state index contributed by atoms with van der Waals surface area (Å²) in [4.78, 5) is 23.0. The van der Waals surface area contributed by atoms with Gasteiger partial charge in [-0.15, -0.1) is 0 Å².